The number of nitrogens with two attached hydrogens (primary N) is 2. The van der Waals surface area contributed by atoms with E-state index in [4.69, 9.17) is 20.9 Å². The van der Waals surface area contributed by atoms with Crippen molar-refractivity contribution in [1.82, 2.24) is 20.9 Å². The maximum atomic E-state index is 12.9. The number of carbonyl (C=O) groups is 4. The molecule has 0 bridgehead atoms. The number of carbonyl (C=O) groups excluding carboxylic acids is 4. The van der Waals surface area contributed by atoms with Gasteiger partial charge in [-0.3, -0.25) is 14.6 Å². The van der Waals surface area contributed by atoms with Crippen LogP contribution in [0.1, 0.15) is 68.9 Å². The van der Waals surface area contributed by atoms with Crippen LogP contribution in [-0.2, 0) is 32.3 Å². The molecule has 0 aliphatic rings. The summed E-state index contributed by atoms with van der Waals surface area (Å²) in [6, 6.07) is 18.8. The van der Waals surface area contributed by atoms with Crippen LogP contribution in [-0.4, -0.2) is 74.1 Å². The molecule has 0 radical (unpaired) electrons. The smallest absolute Gasteiger partial charge is 0.410 e. The van der Waals surface area contributed by atoms with Crippen LogP contribution in [0.2, 0.25) is 0 Å². The largest absolute Gasteiger partial charge is 0.445 e. The number of hydrogen-bond acceptors (Lipinski definition) is 7. The number of unbranched alkanes of at least 4 members (excludes halogenated alkanes) is 4. The third-order valence-corrected chi connectivity index (χ3v) is 7.01. The summed E-state index contributed by atoms with van der Waals surface area (Å²) in [6.07, 6.45) is 4.99. The van der Waals surface area contributed by atoms with Crippen LogP contribution in [0.3, 0.4) is 0 Å². The SMILES string of the molecule is NC(N)=NCCCCCCC(=O)NCCC(=O)NCCCCN(CCCNC(=O)OCc1ccccc1)C(=O)OCc1ccccc1. The number of guanidine groups is 1. The Balaban J connectivity index is 1.61. The van der Waals surface area contributed by atoms with E-state index in [0.717, 1.165) is 36.8 Å². The summed E-state index contributed by atoms with van der Waals surface area (Å²) < 4.78 is 10.8. The summed E-state index contributed by atoms with van der Waals surface area (Å²) in [5.74, 6) is -0.121. The molecule has 2 aromatic carbocycles. The molecule has 4 amide bonds. The minimum absolute atomic E-state index is 0.0689. The number of nitrogens with one attached hydrogen (secondary N) is 3. The molecule has 2 aromatic rings. The molecule has 7 N–H and O–H groups in total. The molecule has 258 valence electrons. The first-order valence-electron chi connectivity index (χ1n) is 16.3. The van der Waals surface area contributed by atoms with Crippen LogP contribution in [0.25, 0.3) is 0 Å². The van der Waals surface area contributed by atoms with E-state index in [9.17, 15) is 19.2 Å². The van der Waals surface area contributed by atoms with Crippen molar-refractivity contribution < 1.29 is 28.7 Å². The molecule has 0 fully saturated rings. The lowest BCUT2D eigenvalue weighted by molar-refractivity contribution is -0.122. The van der Waals surface area contributed by atoms with Gasteiger partial charge in [-0.2, -0.15) is 0 Å². The van der Waals surface area contributed by atoms with Crippen molar-refractivity contribution in [2.45, 2.75) is 71.0 Å². The minimum Gasteiger partial charge on any atom is -0.445 e. The quantitative estimate of drug-likeness (QED) is 0.0683. The average molecular weight is 654 g/mol. The second-order valence-electron chi connectivity index (χ2n) is 11.0. The van der Waals surface area contributed by atoms with Gasteiger partial charge >= 0.3 is 12.2 Å². The average Bonchev–Trinajstić information content (AvgIpc) is 3.07. The van der Waals surface area contributed by atoms with E-state index in [1.807, 2.05) is 60.7 Å². The van der Waals surface area contributed by atoms with Gasteiger partial charge in [-0.1, -0.05) is 73.5 Å². The van der Waals surface area contributed by atoms with Crippen molar-refractivity contribution in [3.63, 3.8) is 0 Å². The zero-order valence-electron chi connectivity index (χ0n) is 27.3. The monoisotopic (exact) mass is 653 g/mol. The van der Waals surface area contributed by atoms with Crippen molar-refractivity contribution in [3.8, 4) is 0 Å². The first-order valence-corrected chi connectivity index (χ1v) is 16.3. The molecule has 0 aliphatic carbocycles. The highest BCUT2D eigenvalue weighted by molar-refractivity contribution is 5.79. The number of nitrogens with zero attached hydrogens (tertiary/aromatic N) is 2. The van der Waals surface area contributed by atoms with Crippen LogP contribution in [0, 0.1) is 0 Å². The van der Waals surface area contributed by atoms with Crippen molar-refractivity contribution in [2.24, 2.45) is 16.5 Å². The summed E-state index contributed by atoms with van der Waals surface area (Å²) in [4.78, 5) is 54.6. The third-order valence-electron chi connectivity index (χ3n) is 7.01. The van der Waals surface area contributed by atoms with Gasteiger partial charge in [-0.15, -0.1) is 0 Å². The fourth-order valence-electron chi connectivity index (χ4n) is 4.45. The van der Waals surface area contributed by atoms with E-state index in [2.05, 4.69) is 20.9 Å². The van der Waals surface area contributed by atoms with Gasteiger partial charge in [-0.25, -0.2) is 9.59 Å². The highest BCUT2D eigenvalue weighted by atomic mass is 16.6. The predicted molar refractivity (Wildman–Crippen MR) is 181 cm³/mol. The number of aliphatic imine (C=N–C) groups is 1. The van der Waals surface area contributed by atoms with Gasteiger partial charge in [0.05, 0.1) is 0 Å². The van der Waals surface area contributed by atoms with E-state index in [0.29, 0.717) is 58.4 Å². The maximum Gasteiger partial charge on any atom is 0.410 e. The van der Waals surface area contributed by atoms with Crippen LogP contribution in [0.5, 0.6) is 0 Å². The van der Waals surface area contributed by atoms with E-state index in [1.165, 1.54) is 0 Å². The topological polar surface area (TPSA) is 190 Å². The van der Waals surface area contributed by atoms with Gasteiger partial charge in [0.1, 0.15) is 13.2 Å². The molecular weight excluding hydrogens is 602 g/mol. The van der Waals surface area contributed by atoms with E-state index in [1.54, 1.807) is 4.90 Å². The van der Waals surface area contributed by atoms with Gasteiger partial charge in [0, 0.05) is 52.1 Å². The fraction of sp³-hybridized carbons (Fsp3) is 0.500. The predicted octanol–water partition coefficient (Wildman–Crippen LogP) is 3.57. The standard InChI is InChI=1S/C34H51N7O6/c35-32(36)39-21-10-2-1-9-18-30(42)38-23-19-31(43)37-20-11-12-24-41(34(45)47-27-29-16-7-4-8-17-29)25-13-22-40-33(44)46-26-28-14-5-3-6-15-28/h3-8,14-17H,1-2,9-13,18-27H2,(H,37,43)(H,38,42)(H,40,44)(H4,35,36,39). The van der Waals surface area contributed by atoms with E-state index in [-0.39, 0.29) is 44.0 Å². The molecule has 0 unspecified atom stereocenters. The molecule has 13 heteroatoms. The number of amides is 4. The van der Waals surface area contributed by atoms with Crippen molar-refractivity contribution in [2.75, 3.05) is 39.3 Å². The Hall–Kier alpha value is -4.81. The molecule has 0 saturated heterocycles. The Morgan fingerprint density at radius 3 is 1.87 bits per heavy atom. The third kappa shape index (κ3) is 20.0. The molecular formula is C34H51N7O6. The first kappa shape index (κ1) is 38.4. The van der Waals surface area contributed by atoms with Crippen molar-refractivity contribution in [1.29, 1.82) is 0 Å². The van der Waals surface area contributed by atoms with Gasteiger partial charge in [0.25, 0.3) is 0 Å². The van der Waals surface area contributed by atoms with Gasteiger partial charge in [0.15, 0.2) is 5.96 Å². The molecule has 0 atom stereocenters. The minimum atomic E-state index is -0.519. The van der Waals surface area contributed by atoms with Crippen LogP contribution < -0.4 is 27.4 Å². The van der Waals surface area contributed by atoms with Crippen LogP contribution in [0.15, 0.2) is 65.7 Å². The van der Waals surface area contributed by atoms with E-state index >= 15 is 0 Å². The zero-order chi connectivity index (χ0) is 34.0. The summed E-state index contributed by atoms with van der Waals surface area (Å²) in [6.45, 7) is 2.83. The number of benzene rings is 2. The van der Waals surface area contributed by atoms with Crippen LogP contribution >= 0.6 is 0 Å². The Morgan fingerprint density at radius 1 is 0.617 bits per heavy atom. The Morgan fingerprint density at radius 2 is 1.19 bits per heavy atom. The van der Waals surface area contributed by atoms with Crippen molar-refractivity contribution >= 4 is 30.0 Å². The molecule has 0 heterocycles. The molecule has 0 aliphatic heterocycles. The lowest BCUT2D eigenvalue weighted by Gasteiger charge is -2.22. The summed E-state index contributed by atoms with van der Waals surface area (Å²) in [5.41, 5.74) is 12.4. The van der Waals surface area contributed by atoms with Crippen LogP contribution in [0.4, 0.5) is 9.59 Å². The summed E-state index contributed by atoms with van der Waals surface area (Å²) in [5, 5.41) is 8.36. The lowest BCUT2D eigenvalue weighted by Crippen LogP contribution is -2.36. The van der Waals surface area contributed by atoms with Gasteiger partial charge in [-0.05, 0) is 43.2 Å². The normalized spacial score (nSPS) is 10.4. The Kier molecular flexibility index (Phi) is 19.9. The second-order valence-corrected chi connectivity index (χ2v) is 11.0. The highest BCUT2D eigenvalue weighted by Gasteiger charge is 2.15. The van der Waals surface area contributed by atoms with Gasteiger partial charge in [0.2, 0.25) is 11.8 Å². The number of alkyl carbamates (subject to hydrolysis) is 1. The lowest BCUT2D eigenvalue weighted by atomic mass is 10.1. The van der Waals surface area contributed by atoms with Gasteiger partial charge < -0.3 is 41.8 Å². The number of hydrogen-bond donors (Lipinski definition) is 5. The molecule has 0 aromatic heterocycles. The van der Waals surface area contributed by atoms with E-state index < -0.39 is 12.2 Å². The second kappa shape index (κ2) is 24.4. The van der Waals surface area contributed by atoms with Crippen molar-refractivity contribution in [3.05, 3.63) is 71.8 Å². The number of rotatable bonds is 23. The molecule has 0 saturated carbocycles. The molecule has 2 rings (SSSR count). The first-order chi connectivity index (χ1) is 22.8. The summed E-state index contributed by atoms with van der Waals surface area (Å²) in [7, 11) is 0. The molecule has 13 nitrogen and oxygen atoms in total. The Labute approximate surface area is 277 Å². The fourth-order valence-corrected chi connectivity index (χ4v) is 4.45. The molecule has 47 heavy (non-hydrogen) atoms. The number of ether oxygens (including phenoxy) is 2. The molecule has 0 spiro atoms. The maximum absolute atomic E-state index is 12.9. The highest BCUT2D eigenvalue weighted by Crippen LogP contribution is 2.07. The zero-order valence-corrected chi connectivity index (χ0v) is 27.3. The summed E-state index contributed by atoms with van der Waals surface area (Å²) >= 11 is 0. The Bertz CT molecular complexity index is 1210.